The molecule has 1 aromatic rings. The molecule has 8 heteroatoms. The number of hydrogen-bond donors (Lipinski definition) is 2. The lowest BCUT2D eigenvalue weighted by atomic mass is 10.0. The molecule has 0 unspecified atom stereocenters. The van der Waals surface area contributed by atoms with Gasteiger partial charge in [0.1, 0.15) is 6.04 Å². The van der Waals surface area contributed by atoms with E-state index in [0.29, 0.717) is 5.69 Å². The van der Waals surface area contributed by atoms with E-state index in [9.17, 15) is 9.59 Å². The summed E-state index contributed by atoms with van der Waals surface area (Å²) in [4.78, 5) is 22.4. The SMILES string of the molecule is O=C(O)C1(C(=O)O)SC=C[C@H]1N=Nc1ccsc1. The summed E-state index contributed by atoms with van der Waals surface area (Å²) in [5.74, 6) is -2.86. The Bertz CT molecular complexity index is 510. The highest BCUT2D eigenvalue weighted by molar-refractivity contribution is 8.05. The molecule has 1 atom stereocenters. The lowest BCUT2D eigenvalue weighted by Gasteiger charge is -2.21. The molecule has 94 valence electrons. The second-order valence-electron chi connectivity index (χ2n) is 3.43. The van der Waals surface area contributed by atoms with Gasteiger partial charge in [-0.05, 0) is 22.9 Å². The van der Waals surface area contributed by atoms with Crippen LogP contribution in [-0.2, 0) is 9.59 Å². The van der Waals surface area contributed by atoms with E-state index in [-0.39, 0.29) is 0 Å². The quantitative estimate of drug-likeness (QED) is 0.653. The number of nitrogens with zero attached hydrogens (tertiary/aromatic N) is 2. The highest BCUT2D eigenvalue weighted by Gasteiger charge is 2.56. The molecule has 1 aliphatic heterocycles. The summed E-state index contributed by atoms with van der Waals surface area (Å²) in [5, 5.41) is 30.9. The van der Waals surface area contributed by atoms with E-state index in [0.717, 1.165) is 11.8 Å². The van der Waals surface area contributed by atoms with Gasteiger partial charge < -0.3 is 10.2 Å². The second kappa shape index (κ2) is 4.91. The topological polar surface area (TPSA) is 99.3 Å². The van der Waals surface area contributed by atoms with Crippen LogP contribution in [0, 0.1) is 0 Å². The fourth-order valence-corrected chi connectivity index (χ4v) is 2.90. The van der Waals surface area contributed by atoms with Gasteiger partial charge in [-0.3, -0.25) is 0 Å². The molecule has 2 N–H and O–H groups in total. The summed E-state index contributed by atoms with van der Waals surface area (Å²) >= 11 is 2.15. The highest BCUT2D eigenvalue weighted by Crippen LogP contribution is 2.40. The van der Waals surface area contributed by atoms with Crippen LogP contribution in [0.2, 0.25) is 0 Å². The molecule has 1 aromatic heterocycles. The normalized spacial score (nSPS) is 21.4. The minimum Gasteiger partial charge on any atom is -0.480 e. The third-order valence-electron chi connectivity index (χ3n) is 2.37. The van der Waals surface area contributed by atoms with Gasteiger partial charge in [0.15, 0.2) is 0 Å². The van der Waals surface area contributed by atoms with Crippen molar-refractivity contribution in [3.8, 4) is 0 Å². The fourth-order valence-electron chi connectivity index (χ4n) is 1.43. The lowest BCUT2D eigenvalue weighted by molar-refractivity contribution is -0.151. The van der Waals surface area contributed by atoms with E-state index in [1.54, 1.807) is 16.8 Å². The largest absolute Gasteiger partial charge is 0.480 e. The van der Waals surface area contributed by atoms with Crippen LogP contribution in [0.5, 0.6) is 0 Å². The zero-order valence-electron chi connectivity index (χ0n) is 8.89. The van der Waals surface area contributed by atoms with Crippen molar-refractivity contribution in [2.75, 3.05) is 0 Å². The maximum Gasteiger partial charge on any atom is 0.334 e. The summed E-state index contributed by atoms with van der Waals surface area (Å²) in [5.41, 5.74) is 0.579. The molecule has 1 aliphatic rings. The summed E-state index contributed by atoms with van der Waals surface area (Å²) in [6.07, 6.45) is 1.43. The summed E-state index contributed by atoms with van der Waals surface area (Å²) in [6.45, 7) is 0. The maximum atomic E-state index is 11.2. The van der Waals surface area contributed by atoms with Gasteiger partial charge in [-0.25, -0.2) is 9.59 Å². The molecule has 18 heavy (non-hydrogen) atoms. The number of carboxylic acids is 2. The van der Waals surface area contributed by atoms with Crippen LogP contribution in [-0.4, -0.2) is 32.9 Å². The van der Waals surface area contributed by atoms with Gasteiger partial charge in [-0.2, -0.15) is 21.6 Å². The Morgan fingerprint density at radius 2 is 2.06 bits per heavy atom. The Balaban J connectivity index is 2.28. The first-order valence-corrected chi connectivity index (χ1v) is 6.64. The first kappa shape index (κ1) is 12.8. The van der Waals surface area contributed by atoms with E-state index in [1.807, 2.05) is 0 Å². The van der Waals surface area contributed by atoms with Crippen LogP contribution in [0.4, 0.5) is 5.69 Å². The number of thioether (sulfide) groups is 1. The van der Waals surface area contributed by atoms with E-state index in [2.05, 4.69) is 10.2 Å². The monoisotopic (exact) mass is 284 g/mol. The van der Waals surface area contributed by atoms with Crippen molar-refractivity contribution in [1.82, 2.24) is 0 Å². The molecule has 0 spiro atoms. The maximum absolute atomic E-state index is 11.2. The molecule has 0 saturated carbocycles. The predicted molar refractivity (Wildman–Crippen MR) is 67.4 cm³/mol. The number of aliphatic carboxylic acids is 2. The van der Waals surface area contributed by atoms with Gasteiger partial charge in [-0.15, -0.1) is 11.8 Å². The van der Waals surface area contributed by atoms with E-state index in [1.165, 1.54) is 22.8 Å². The fraction of sp³-hybridized carbons (Fsp3) is 0.200. The molecular formula is C10H8N2O4S2. The number of carbonyl (C=O) groups is 2. The summed E-state index contributed by atoms with van der Waals surface area (Å²) < 4.78 is -2.01. The average molecular weight is 284 g/mol. The smallest absolute Gasteiger partial charge is 0.334 e. The molecular weight excluding hydrogens is 276 g/mol. The predicted octanol–water partition coefficient (Wildman–Crippen LogP) is 2.37. The first-order valence-electron chi connectivity index (χ1n) is 4.81. The van der Waals surface area contributed by atoms with Crippen LogP contribution < -0.4 is 0 Å². The van der Waals surface area contributed by atoms with Gasteiger partial charge in [-0.1, -0.05) is 0 Å². The zero-order valence-corrected chi connectivity index (χ0v) is 10.5. The van der Waals surface area contributed by atoms with Crippen molar-refractivity contribution in [2.45, 2.75) is 10.8 Å². The summed E-state index contributed by atoms with van der Waals surface area (Å²) in [7, 11) is 0. The number of hydrogen-bond acceptors (Lipinski definition) is 6. The lowest BCUT2D eigenvalue weighted by Crippen LogP contribution is -2.49. The Morgan fingerprint density at radius 3 is 2.61 bits per heavy atom. The number of carboxylic acid groups (broad SMARTS) is 2. The molecule has 0 aliphatic carbocycles. The van der Waals surface area contributed by atoms with Gasteiger partial charge >= 0.3 is 11.9 Å². The van der Waals surface area contributed by atoms with Crippen molar-refractivity contribution in [3.05, 3.63) is 28.3 Å². The van der Waals surface area contributed by atoms with Crippen molar-refractivity contribution >= 4 is 40.7 Å². The standard InChI is InChI=1S/C10H8N2O4S2/c13-8(14)10(9(15)16)7(2-4-18-10)12-11-6-1-3-17-5-6/h1-5,7H,(H,13,14)(H,15,16)/t7-/m1/s1. The van der Waals surface area contributed by atoms with Crippen LogP contribution in [0.15, 0.2) is 38.5 Å². The van der Waals surface area contributed by atoms with Crippen molar-refractivity contribution in [2.24, 2.45) is 10.2 Å². The van der Waals surface area contributed by atoms with Gasteiger partial charge in [0.2, 0.25) is 4.75 Å². The Hall–Kier alpha value is -1.67. The van der Waals surface area contributed by atoms with Crippen molar-refractivity contribution in [3.63, 3.8) is 0 Å². The summed E-state index contributed by atoms with van der Waals surface area (Å²) in [6, 6.07) is 0.695. The first-order chi connectivity index (χ1) is 8.57. The molecule has 0 radical (unpaired) electrons. The van der Waals surface area contributed by atoms with E-state index < -0.39 is 22.7 Å². The third-order valence-corrected chi connectivity index (χ3v) is 4.30. The number of azo groups is 1. The highest BCUT2D eigenvalue weighted by atomic mass is 32.2. The van der Waals surface area contributed by atoms with Crippen molar-refractivity contribution in [1.29, 1.82) is 0 Å². The van der Waals surface area contributed by atoms with Crippen molar-refractivity contribution < 1.29 is 19.8 Å². The molecule has 0 amide bonds. The molecule has 2 heterocycles. The van der Waals surface area contributed by atoms with Gasteiger partial charge in [0, 0.05) is 5.38 Å². The number of rotatable bonds is 4. The molecule has 6 nitrogen and oxygen atoms in total. The zero-order chi connectivity index (χ0) is 13.2. The minimum atomic E-state index is -2.01. The van der Waals surface area contributed by atoms with Gasteiger partial charge in [0.05, 0.1) is 5.69 Å². The second-order valence-corrected chi connectivity index (χ2v) is 5.37. The molecule has 0 saturated heterocycles. The molecule has 0 fully saturated rings. The molecule has 0 aromatic carbocycles. The average Bonchev–Trinajstić information content (AvgIpc) is 2.95. The van der Waals surface area contributed by atoms with Crippen LogP contribution in [0.3, 0.4) is 0 Å². The van der Waals surface area contributed by atoms with Crippen LogP contribution >= 0.6 is 23.1 Å². The Kier molecular flexibility index (Phi) is 3.48. The van der Waals surface area contributed by atoms with Gasteiger partial charge in [0.25, 0.3) is 0 Å². The Morgan fingerprint density at radius 1 is 1.33 bits per heavy atom. The molecule has 0 bridgehead atoms. The van der Waals surface area contributed by atoms with Crippen LogP contribution in [0.25, 0.3) is 0 Å². The Labute approximate surface area is 110 Å². The third kappa shape index (κ3) is 2.04. The molecule has 2 rings (SSSR count). The number of thiophene rings is 1. The minimum absolute atomic E-state index is 0.579. The van der Waals surface area contributed by atoms with E-state index in [4.69, 9.17) is 10.2 Å². The van der Waals surface area contributed by atoms with E-state index >= 15 is 0 Å². The van der Waals surface area contributed by atoms with Crippen LogP contribution in [0.1, 0.15) is 0 Å².